The highest BCUT2D eigenvalue weighted by Crippen LogP contribution is 1.95. The molecule has 0 bridgehead atoms. The van der Waals surface area contributed by atoms with Gasteiger partial charge in [-0.05, 0) is 0 Å². The van der Waals surface area contributed by atoms with Gasteiger partial charge in [0.05, 0.1) is 0 Å². The summed E-state index contributed by atoms with van der Waals surface area (Å²) in [4.78, 5) is 7.68. The lowest BCUT2D eigenvalue weighted by atomic mass is 11.8. The topological polar surface area (TPSA) is 29.5 Å². The first-order valence-electron chi connectivity index (χ1n) is 0.836. The van der Waals surface area contributed by atoms with Gasteiger partial charge in [0.2, 0.25) is 0 Å². The molecule has 0 spiro atoms. The second kappa shape index (κ2) is 8.84. The summed E-state index contributed by atoms with van der Waals surface area (Å²) in [7, 11) is 1.08. The van der Waals surface area contributed by atoms with E-state index in [4.69, 9.17) is 4.89 Å². The largest absolute Gasteiger partial charge is 0.352 e. The van der Waals surface area contributed by atoms with Crippen molar-refractivity contribution in [3.63, 3.8) is 0 Å². The van der Waals surface area contributed by atoms with Gasteiger partial charge in [-0.3, -0.25) is 0 Å². The summed E-state index contributed by atoms with van der Waals surface area (Å²) in [6.07, 6.45) is 0. The van der Waals surface area contributed by atoms with Gasteiger partial charge in [-0.25, -0.2) is 0 Å². The molecule has 2 nitrogen and oxygen atoms in total. The average Bonchev–Trinajstić information content (AvgIpc) is 1.37. The van der Waals surface area contributed by atoms with Crippen LogP contribution in [0, 0.1) is 0 Å². The van der Waals surface area contributed by atoms with Gasteiger partial charge in [0, 0.05) is 7.11 Å². The Morgan fingerprint density at radius 2 is 2.00 bits per heavy atom. The van der Waals surface area contributed by atoms with Gasteiger partial charge in [-0.2, -0.15) is 0 Å². The van der Waals surface area contributed by atoms with Crippen LogP contribution in [0.3, 0.4) is 0 Å². The second-order valence-corrected chi connectivity index (χ2v) is 0.886. The van der Waals surface area contributed by atoms with Crippen molar-refractivity contribution in [1.82, 2.24) is 0 Å². The van der Waals surface area contributed by atoms with E-state index < -0.39 is 0 Å². The quantitative estimate of drug-likeness (QED) is 0.488. The Labute approximate surface area is 34.1 Å². The molecule has 1 atom stereocenters. The van der Waals surface area contributed by atoms with Gasteiger partial charge in [-0.15, -0.1) is 0 Å². The Bertz CT molecular complexity index is 9.61. The zero-order valence-corrected chi connectivity index (χ0v) is 3.36. The molecule has 0 aromatic heterocycles. The Kier molecular flexibility index (Phi) is 15.9. The molecule has 0 aromatic carbocycles. The van der Waals surface area contributed by atoms with Crippen LogP contribution in [0.15, 0.2) is 0 Å². The molecule has 0 aliphatic rings. The molecule has 0 amide bonds. The average molecular weight is 96.1 g/mol. The molecule has 5 heavy (non-hydrogen) atoms. The van der Waals surface area contributed by atoms with E-state index in [-0.39, 0.29) is 16.5 Å². The summed E-state index contributed by atoms with van der Waals surface area (Å²) in [5, 5.41) is 0. The molecule has 0 aliphatic heterocycles. The summed E-state index contributed by atoms with van der Waals surface area (Å²) in [5.74, 6) is 0. The molecule has 0 radical (unpaired) electrons. The molecule has 1 N–H and O–H groups in total. The van der Waals surface area contributed by atoms with E-state index in [1.165, 1.54) is 7.11 Å². The Morgan fingerprint density at radius 1 is 1.80 bits per heavy atom. The highest BCUT2D eigenvalue weighted by Gasteiger charge is 1.53. The van der Waals surface area contributed by atoms with Gasteiger partial charge in [-0.1, -0.05) is 7.43 Å². The van der Waals surface area contributed by atoms with Crippen LogP contribution >= 0.6 is 9.03 Å². The van der Waals surface area contributed by atoms with E-state index in [1.54, 1.807) is 0 Å². The van der Waals surface area contributed by atoms with Crippen LogP contribution in [0.5, 0.6) is 0 Å². The first-order chi connectivity index (χ1) is 1.91. The molecule has 0 saturated heterocycles. The molecular formula is C2H9O2P. The summed E-state index contributed by atoms with van der Waals surface area (Å²) < 4.78 is 4.12. The van der Waals surface area contributed by atoms with E-state index in [0.29, 0.717) is 0 Å². The lowest BCUT2D eigenvalue weighted by Crippen LogP contribution is -1.50. The molecule has 0 saturated carbocycles. The fourth-order valence-corrected chi connectivity index (χ4v) is 0. The van der Waals surface area contributed by atoms with Gasteiger partial charge in [0.1, 0.15) is 0 Å². The van der Waals surface area contributed by atoms with Gasteiger partial charge < -0.3 is 9.42 Å². The van der Waals surface area contributed by atoms with Crippen molar-refractivity contribution < 1.29 is 9.42 Å². The number of hydrogen-bond acceptors (Lipinski definition) is 2. The molecule has 3 heteroatoms. The fourth-order valence-electron chi connectivity index (χ4n) is 0. The van der Waals surface area contributed by atoms with Crippen molar-refractivity contribution in [2.24, 2.45) is 0 Å². The van der Waals surface area contributed by atoms with Crippen LogP contribution in [0.1, 0.15) is 7.43 Å². The minimum atomic E-state index is -0.360. The highest BCUT2D eigenvalue weighted by molar-refractivity contribution is 7.24. The highest BCUT2D eigenvalue weighted by atomic mass is 31.1. The smallest absolute Gasteiger partial charge is 0.151 e. The monoisotopic (exact) mass is 96.0 g/mol. The molecule has 0 aliphatic carbocycles. The summed E-state index contributed by atoms with van der Waals surface area (Å²) in [6.45, 7) is 0. The maximum atomic E-state index is 7.68. The molecule has 0 aromatic rings. The molecule has 1 unspecified atom stereocenters. The third kappa shape index (κ3) is 13.2. The number of hydrogen-bond donors (Lipinski definition) is 1. The third-order valence-electron chi connectivity index (χ3n) is 0.0913. The minimum Gasteiger partial charge on any atom is -0.352 e. The third-order valence-corrected chi connectivity index (χ3v) is 0.274. The lowest BCUT2D eigenvalue weighted by molar-refractivity contribution is 0.413. The van der Waals surface area contributed by atoms with Crippen molar-refractivity contribution in [2.45, 2.75) is 7.43 Å². The Morgan fingerprint density at radius 3 is 2.00 bits per heavy atom. The van der Waals surface area contributed by atoms with Gasteiger partial charge in [0.15, 0.2) is 9.03 Å². The molecule has 0 heterocycles. The zero-order chi connectivity index (χ0) is 3.41. The molecule has 0 rings (SSSR count). The zero-order valence-electron chi connectivity index (χ0n) is 2.36. The summed E-state index contributed by atoms with van der Waals surface area (Å²) in [5.41, 5.74) is 0. The van der Waals surface area contributed by atoms with Crippen molar-refractivity contribution in [2.75, 3.05) is 7.11 Å². The number of rotatable bonds is 1. The van der Waals surface area contributed by atoms with Crippen LogP contribution in [0.4, 0.5) is 0 Å². The SMILES string of the molecule is C.COPO. The summed E-state index contributed by atoms with van der Waals surface area (Å²) in [6, 6.07) is 0. The van der Waals surface area contributed by atoms with Crippen molar-refractivity contribution in [3.05, 3.63) is 0 Å². The van der Waals surface area contributed by atoms with Gasteiger partial charge in [0.25, 0.3) is 0 Å². The first-order valence-corrected chi connectivity index (χ1v) is 1.69. The standard InChI is InChI=1S/CH5O2P.CH4/c1-3-4-2;/h2,4H,1H3;1H4. The lowest BCUT2D eigenvalue weighted by Gasteiger charge is -1.75. The maximum Gasteiger partial charge on any atom is 0.151 e. The van der Waals surface area contributed by atoms with Crippen LogP contribution in [0.25, 0.3) is 0 Å². The molecule has 34 valence electrons. The second-order valence-electron chi connectivity index (χ2n) is 0.295. The molecular weight excluding hydrogens is 87.0 g/mol. The van der Waals surface area contributed by atoms with Crippen LogP contribution in [0.2, 0.25) is 0 Å². The van der Waals surface area contributed by atoms with Crippen molar-refractivity contribution in [1.29, 1.82) is 0 Å². The molecule has 0 fully saturated rings. The normalized spacial score (nSPS) is 8.40. The Hall–Kier alpha value is 0.350. The van der Waals surface area contributed by atoms with E-state index in [9.17, 15) is 0 Å². The predicted octanol–water partition coefficient (Wildman–Crippen LogP) is 0.770. The Balaban J connectivity index is 0. The van der Waals surface area contributed by atoms with Crippen molar-refractivity contribution in [3.8, 4) is 0 Å². The van der Waals surface area contributed by atoms with E-state index in [2.05, 4.69) is 4.52 Å². The maximum absolute atomic E-state index is 7.68. The van der Waals surface area contributed by atoms with Crippen LogP contribution in [-0.2, 0) is 4.52 Å². The van der Waals surface area contributed by atoms with Crippen LogP contribution in [-0.4, -0.2) is 12.0 Å². The predicted molar refractivity (Wildman–Crippen MR) is 24.3 cm³/mol. The van der Waals surface area contributed by atoms with E-state index in [1.807, 2.05) is 0 Å². The first kappa shape index (κ1) is 9.02. The summed E-state index contributed by atoms with van der Waals surface area (Å²) >= 11 is 0. The van der Waals surface area contributed by atoms with Crippen LogP contribution < -0.4 is 0 Å². The van der Waals surface area contributed by atoms with E-state index in [0.717, 1.165) is 0 Å². The van der Waals surface area contributed by atoms with Gasteiger partial charge >= 0.3 is 0 Å². The minimum absolute atomic E-state index is 0. The van der Waals surface area contributed by atoms with E-state index >= 15 is 0 Å². The van der Waals surface area contributed by atoms with Crippen molar-refractivity contribution >= 4 is 9.03 Å². The fraction of sp³-hybridized carbons (Fsp3) is 1.00.